The van der Waals surface area contributed by atoms with Crippen molar-refractivity contribution >= 4 is 17.9 Å². The number of nitrogens with one attached hydrogen (secondary N) is 1. The summed E-state index contributed by atoms with van der Waals surface area (Å²) in [4.78, 5) is 23.6. The lowest BCUT2D eigenvalue weighted by Gasteiger charge is -2.16. The molecule has 0 bridgehead atoms. The fourth-order valence-corrected chi connectivity index (χ4v) is 3.96. The van der Waals surface area contributed by atoms with E-state index in [9.17, 15) is 22.8 Å². The lowest BCUT2D eigenvalue weighted by molar-refractivity contribution is -0.138. The number of carbonyl (C=O) groups excluding carboxylic acids is 1. The fourth-order valence-electron chi connectivity index (χ4n) is 3.96. The maximum atomic E-state index is 13.1. The van der Waals surface area contributed by atoms with Crippen LogP contribution in [0.1, 0.15) is 42.3 Å². The van der Waals surface area contributed by atoms with Gasteiger partial charge in [0, 0.05) is 0 Å². The summed E-state index contributed by atoms with van der Waals surface area (Å²) in [5, 5.41) is 19.8. The highest BCUT2D eigenvalue weighted by atomic mass is 19.4. The summed E-state index contributed by atoms with van der Waals surface area (Å²) in [6.07, 6.45) is -5.91. The third-order valence-corrected chi connectivity index (χ3v) is 6.02. The molecule has 1 unspecified atom stereocenters. The Kier molecular flexibility index (Phi) is 7.99. The number of benzene rings is 3. The van der Waals surface area contributed by atoms with Gasteiger partial charge in [-0.05, 0) is 59.9 Å². The van der Waals surface area contributed by atoms with E-state index >= 15 is 0 Å². The van der Waals surface area contributed by atoms with E-state index in [4.69, 9.17) is 9.84 Å². The van der Waals surface area contributed by atoms with Crippen LogP contribution in [0.4, 0.5) is 23.8 Å². The van der Waals surface area contributed by atoms with Crippen LogP contribution >= 0.6 is 0 Å². The van der Waals surface area contributed by atoms with Gasteiger partial charge in [0.15, 0.2) is 5.82 Å². The zero-order valence-electron chi connectivity index (χ0n) is 21.1. The van der Waals surface area contributed by atoms with Crippen LogP contribution in [0.25, 0.3) is 16.8 Å². The standard InChI is InChI=1S/C28H25F3N4O4/c1-3-24-26(32-27(38)39-17(2)21-5-4-6-22(16-21)28(29,30)31)35(34-33-24)23-13-11-20(12-14-23)19-9-7-18(8-10-19)15-25(36)37/h4-14,16-17H,3,15H2,1-2H3,(H,32,38)(H,36,37). The Morgan fingerprint density at radius 2 is 1.67 bits per heavy atom. The summed E-state index contributed by atoms with van der Waals surface area (Å²) in [7, 11) is 0. The number of carboxylic acid groups (broad SMARTS) is 1. The molecule has 0 saturated carbocycles. The molecule has 8 nitrogen and oxygen atoms in total. The van der Waals surface area contributed by atoms with Gasteiger partial charge in [-0.25, -0.2) is 4.79 Å². The number of nitrogens with zero attached hydrogens (tertiary/aromatic N) is 3. The second-order valence-electron chi connectivity index (χ2n) is 8.76. The molecule has 39 heavy (non-hydrogen) atoms. The van der Waals surface area contributed by atoms with Gasteiger partial charge < -0.3 is 9.84 Å². The number of hydrogen-bond acceptors (Lipinski definition) is 5. The number of anilines is 1. The molecule has 11 heteroatoms. The Hall–Kier alpha value is -4.67. The molecule has 1 aromatic heterocycles. The summed E-state index contributed by atoms with van der Waals surface area (Å²) < 4.78 is 46.0. The number of hydrogen-bond donors (Lipinski definition) is 2. The Labute approximate surface area is 222 Å². The minimum atomic E-state index is -4.51. The second-order valence-corrected chi connectivity index (χ2v) is 8.76. The quantitative estimate of drug-likeness (QED) is 0.267. The number of alkyl halides is 3. The van der Waals surface area contributed by atoms with Crippen LogP contribution in [0.15, 0.2) is 72.8 Å². The molecule has 0 aliphatic carbocycles. The highest BCUT2D eigenvalue weighted by molar-refractivity contribution is 5.84. The number of aromatic nitrogens is 3. The molecule has 0 spiro atoms. The average Bonchev–Trinajstić information content (AvgIpc) is 3.30. The first-order valence-electron chi connectivity index (χ1n) is 12.1. The van der Waals surface area contributed by atoms with Gasteiger partial charge in [0.2, 0.25) is 0 Å². The van der Waals surface area contributed by atoms with Crippen molar-refractivity contribution in [3.05, 3.63) is 95.2 Å². The van der Waals surface area contributed by atoms with Gasteiger partial charge in [-0.3, -0.25) is 10.1 Å². The number of amides is 1. The second kappa shape index (κ2) is 11.4. The lowest BCUT2D eigenvalue weighted by atomic mass is 10.0. The molecule has 0 aliphatic heterocycles. The van der Waals surface area contributed by atoms with Crippen LogP contribution in [0.3, 0.4) is 0 Å². The minimum Gasteiger partial charge on any atom is -0.481 e. The summed E-state index contributed by atoms with van der Waals surface area (Å²) >= 11 is 0. The molecule has 202 valence electrons. The predicted molar refractivity (Wildman–Crippen MR) is 137 cm³/mol. The summed E-state index contributed by atoms with van der Waals surface area (Å²) in [5.74, 6) is -0.616. The molecule has 1 heterocycles. The summed E-state index contributed by atoms with van der Waals surface area (Å²) in [6, 6.07) is 19.1. The zero-order valence-corrected chi connectivity index (χ0v) is 21.1. The maximum absolute atomic E-state index is 13.1. The highest BCUT2D eigenvalue weighted by Crippen LogP contribution is 2.31. The topological polar surface area (TPSA) is 106 Å². The van der Waals surface area contributed by atoms with E-state index in [1.807, 2.05) is 31.2 Å². The van der Waals surface area contributed by atoms with Crippen molar-refractivity contribution in [2.24, 2.45) is 0 Å². The first-order chi connectivity index (χ1) is 18.5. The maximum Gasteiger partial charge on any atom is 0.416 e. The first-order valence-corrected chi connectivity index (χ1v) is 12.1. The lowest BCUT2D eigenvalue weighted by Crippen LogP contribution is -2.19. The largest absolute Gasteiger partial charge is 0.481 e. The van der Waals surface area contributed by atoms with Crippen LogP contribution in [0.5, 0.6) is 0 Å². The van der Waals surface area contributed by atoms with Crippen LogP contribution in [0, 0.1) is 0 Å². The summed E-state index contributed by atoms with van der Waals surface area (Å²) in [5.41, 5.74) is 2.96. The van der Waals surface area contributed by atoms with Gasteiger partial charge in [-0.2, -0.15) is 17.9 Å². The fraction of sp³-hybridized carbons (Fsp3) is 0.214. The Morgan fingerprint density at radius 3 is 2.26 bits per heavy atom. The van der Waals surface area contributed by atoms with Gasteiger partial charge in [-0.1, -0.05) is 60.7 Å². The van der Waals surface area contributed by atoms with E-state index < -0.39 is 29.9 Å². The molecule has 0 saturated heterocycles. The first kappa shape index (κ1) is 27.4. The van der Waals surface area contributed by atoms with Crippen LogP contribution < -0.4 is 5.32 Å². The van der Waals surface area contributed by atoms with Crippen LogP contribution in [-0.2, 0) is 28.5 Å². The number of aliphatic carboxylic acids is 1. The summed E-state index contributed by atoms with van der Waals surface area (Å²) in [6.45, 7) is 3.32. The van der Waals surface area contributed by atoms with Crippen molar-refractivity contribution in [1.82, 2.24) is 15.0 Å². The number of carbonyl (C=O) groups is 2. The smallest absolute Gasteiger partial charge is 0.416 e. The SMILES string of the molecule is CCc1nnn(-c2ccc(-c3ccc(CC(=O)O)cc3)cc2)c1NC(=O)OC(C)c1cccc(C(F)(F)F)c1. The molecule has 1 amide bonds. The van der Waals surface area contributed by atoms with Gasteiger partial charge in [-0.15, -0.1) is 5.10 Å². The number of halogens is 3. The number of aryl methyl sites for hydroxylation is 1. The Morgan fingerprint density at radius 1 is 1.03 bits per heavy atom. The van der Waals surface area contributed by atoms with Crippen molar-refractivity contribution in [1.29, 1.82) is 0 Å². The molecule has 0 radical (unpaired) electrons. The molecule has 4 aromatic rings. The third kappa shape index (κ3) is 6.61. The molecular weight excluding hydrogens is 513 g/mol. The van der Waals surface area contributed by atoms with Crippen LogP contribution in [-0.4, -0.2) is 32.2 Å². The minimum absolute atomic E-state index is 0.0534. The van der Waals surface area contributed by atoms with Gasteiger partial charge >= 0.3 is 18.2 Å². The van der Waals surface area contributed by atoms with E-state index in [-0.39, 0.29) is 17.8 Å². The van der Waals surface area contributed by atoms with Gasteiger partial charge in [0.1, 0.15) is 11.8 Å². The number of ether oxygens (including phenoxy) is 1. The van der Waals surface area contributed by atoms with Crippen LogP contribution in [0.2, 0.25) is 0 Å². The van der Waals surface area contributed by atoms with E-state index in [2.05, 4.69) is 15.6 Å². The zero-order chi connectivity index (χ0) is 28.2. The Balaban J connectivity index is 1.50. The van der Waals surface area contributed by atoms with E-state index in [1.54, 1.807) is 24.3 Å². The average molecular weight is 539 g/mol. The monoisotopic (exact) mass is 538 g/mol. The molecular formula is C28H25F3N4O4. The highest BCUT2D eigenvalue weighted by Gasteiger charge is 2.31. The number of rotatable bonds is 8. The molecule has 1 atom stereocenters. The normalized spacial score (nSPS) is 12.1. The molecule has 0 aliphatic rings. The predicted octanol–water partition coefficient (Wildman–Crippen LogP) is 6.45. The van der Waals surface area contributed by atoms with Crippen molar-refractivity contribution < 1.29 is 32.6 Å². The van der Waals surface area contributed by atoms with E-state index in [1.165, 1.54) is 23.7 Å². The van der Waals surface area contributed by atoms with Crippen molar-refractivity contribution in [3.8, 4) is 16.8 Å². The van der Waals surface area contributed by atoms with Crippen molar-refractivity contribution in [3.63, 3.8) is 0 Å². The molecule has 3 aromatic carbocycles. The molecule has 4 rings (SSSR count). The van der Waals surface area contributed by atoms with E-state index in [0.717, 1.165) is 23.3 Å². The van der Waals surface area contributed by atoms with Gasteiger partial charge in [0.25, 0.3) is 0 Å². The number of carboxylic acids is 1. The van der Waals surface area contributed by atoms with Crippen molar-refractivity contribution in [2.45, 2.75) is 39.0 Å². The Bertz CT molecular complexity index is 1470. The molecule has 0 fully saturated rings. The third-order valence-electron chi connectivity index (χ3n) is 6.02. The molecule has 2 N–H and O–H groups in total. The van der Waals surface area contributed by atoms with Gasteiger partial charge in [0.05, 0.1) is 17.7 Å². The van der Waals surface area contributed by atoms with Crippen molar-refractivity contribution in [2.75, 3.05) is 5.32 Å². The van der Waals surface area contributed by atoms with E-state index in [0.29, 0.717) is 23.4 Å².